The predicted octanol–water partition coefficient (Wildman–Crippen LogP) is 1.06. The molecule has 8 heteroatoms. The maximum Gasteiger partial charge on any atom is 0.222 e. The smallest absolute Gasteiger partial charge is 0.222 e. The van der Waals surface area contributed by atoms with Gasteiger partial charge in [0.2, 0.25) is 10.0 Å². The molecule has 0 amide bonds. The summed E-state index contributed by atoms with van der Waals surface area (Å²) in [6.07, 6.45) is 1.80. The molecule has 0 fully saturated rings. The first-order valence-corrected chi connectivity index (χ1v) is 7.66. The van der Waals surface area contributed by atoms with Crippen LogP contribution in [-0.4, -0.2) is 27.7 Å². The van der Waals surface area contributed by atoms with Crippen LogP contribution in [0.4, 0.5) is 0 Å². The van der Waals surface area contributed by atoms with E-state index in [1.165, 1.54) is 0 Å². The van der Waals surface area contributed by atoms with Gasteiger partial charge in [-0.2, -0.15) is 0 Å². The molecule has 0 saturated heterocycles. The molecule has 6 nitrogen and oxygen atoms in total. The zero-order valence-electron chi connectivity index (χ0n) is 9.04. The minimum Gasteiger partial charge on any atom is -0.285 e. The number of aromatic nitrogens is 3. The van der Waals surface area contributed by atoms with Gasteiger partial charge in [0.1, 0.15) is 4.66 Å². The third-order valence-electron chi connectivity index (χ3n) is 2.23. The summed E-state index contributed by atoms with van der Waals surface area (Å²) in [6, 6.07) is 5.06. The molecule has 0 bridgehead atoms. The first-order chi connectivity index (χ1) is 8.03. The van der Waals surface area contributed by atoms with Crippen LogP contribution >= 0.6 is 15.9 Å². The molecule has 2 heterocycles. The van der Waals surface area contributed by atoms with E-state index >= 15 is 0 Å². The number of fused-ring (bicyclic) bond motifs is 1. The second kappa shape index (κ2) is 4.71. The molecule has 2 aromatic rings. The molecule has 0 aromatic carbocycles. The Balaban J connectivity index is 2.34. The number of rotatable bonds is 4. The van der Waals surface area contributed by atoms with Crippen LogP contribution in [-0.2, 0) is 10.0 Å². The second-order valence-corrected chi connectivity index (χ2v) is 6.61. The Morgan fingerprint density at radius 2 is 2.24 bits per heavy atom. The molecule has 0 spiro atoms. The molecule has 1 atom stereocenters. The fourth-order valence-corrected chi connectivity index (χ4v) is 2.61. The van der Waals surface area contributed by atoms with Gasteiger partial charge in [-0.15, -0.1) is 10.2 Å². The number of hydrogen-bond donors (Lipinski definition) is 1. The summed E-state index contributed by atoms with van der Waals surface area (Å²) < 4.78 is 27.0. The third kappa shape index (κ3) is 2.64. The number of sulfonamides is 1. The normalized spacial score (nSPS) is 14.0. The van der Waals surface area contributed by atoms with Gasteiger partial charge in [0.25, 0.3) is 0 Å². The minimum atomic E-state index is -3.33. The minimum absolute atomic E-state index is 0.138. The summed E-state index contributed by atoms with van der Waals surface area (Å²) in [4.78, 5) is 0. The lowest BCUT2D eigenvalue weighted by Gasteiger charge is -2.10. The molecule has 0 aliphatic heterocycles. The first-order valence-electron chi connectivity index (χ1n) is 4.89. The number of nitrogens with zero attached hydrogens (tertiary/aromatic N) is 3. The maximum absolute atomic E-state index is 11.4. The number of pyridine rings is 1. The quantitative estimate of drug-likeness (QED) is 0.855. The molecule has 0 saturated carbocycles. The Hall–Kier alpha value is -0.990. The molecule has 0 aliphatic carbocycles. The van der Waals surface area contributed by atoms with Gasteiger partial charge in [0, 0.05) is 6.20 Å². The van der Waals surface area contributed by atoms with Crippen molar-refractivity contribution in [1.82, 2.24) is 19.3 Å². The summed E-state index contributed by atoms with van der Waals surface area (Å²) >= 11 is 2.92. The number of alkyl halides is 1. The maximum atomic E-state index is 11.4. The molecule has 17 heavy (non-hydrogen) atoms. The van der Waals surface area contributed by atoms with Crippen molar-refractivity contribution in [2.24, 2.45) is 0 Å². The van der Waals surface area contributed by atoms with Gasteiger partial charge in [0.15, 0.2) is 11.5 Å². The van der Waals surface area contributed by atoms with Crippen LogP contribution < -0.4 is 4.72 Å². The zero-order valence-corrected chi connectivity index (χ0v) is 11.4. The second-order valence-electron chi connectivity index (χ2n) is 3.55. The Morgan fingerprint density at radius 3 is 2.94 bits per heavy atom. The number of halogens is 1. The molecule has 1 N–H and O–H groups in total. The Bertz CT molecular complexity index is 625. The fraction of sp³-hybridized carbons (Fsp3) is 0.333. The van der Waals surface area contributed by atoms with Gasteiger partial charge in [-0.1, -0.05) is 22.0 Å². The molecule has 2 rings (SSSR count). The Labute approximate surface area is 107 Å². The number of hydrogen-bond acceptors (Lipinski definition) is 4. The van der Waals surface area contributed by atoms with Crippen molar-refractivity contribution in [3.05, 3.63) is 30.2 Å². The summed E-state index contributed by atoms with van der Waals surface area (Å²) in [5.74, 6) is 0.560. The van der Waals surface area contributed by atoms with Crippen molar-refractivity contribution < 1.29 is 8.42 Å². The predicted molar refractivity (Wildman–Crippen MR) is 67.3 cm³/mol. The van der Waals surface area contributed by atoms with Crippen LogP contribution in [0.5, 0.6) is 0 Å². The van der Waals surface area contributed by atoms with Crippen LogP contribution in [0.3, 0.4) is 0 Å². The fourth-order valence-electron chi connectivity index (χ4n) is 1.51. The van der Waals surface area contributed by atoms with E-state index in [0.29, 0.717) is 11.5 Å². The van der Waals surface area contributed by atoms with Crippen molar-refractivity contribution >= 4 is 31.6 Å². The van der Waals surface area contributed by atoms with Crippen LogP contribution in [0.2, 0.25) is 0 Å². The van der Waals surface area contributed by atoms with Crippen LogP contribution in [0.15, 0.2) is 24.4 Å². The van der Waals surface area contributed by atoms with Gasteiger partial charge >= 0.3 is 0 Å². The van der Waals surface area contributed by atoms with Crippen molar-refractivity contribution in [3.63, 3.8) is 0 Å². The van der Waals surface area contributed by atoms with Gasteiger partial charge in [-0.05, 0) is 19.1 Å². The highest BCUT2D eigenvalue weighted by molar-refractivity contribution is 9.10. The van der Waals surface area contributed by atoms with E-state index in [-0.39, 0.29) is 4.66 Å². The highest BCUT2D eigenvalue weighted by Gasteiger charge is 2.18. The molecule has 92 valence electrons. The van der Waals surface area contributed by atoms with E-state index in [0.717, 1.165) is 0 Å². The Kier molecular flexibility index (Phi) is 3.45. The zero-order chi connectivity index (χ0) is 12.5. The van der Waals surface area contributed by atoms with Gasteiger partial charge in [0.05, 0.1) is 6.04 Å². The van der Waals surface area contributed by atoms with Gasteiger partial charge in [-0.3, -0.25) is 4.40 Å². The topological polar surface area (TPSA) is 76.4 Å². The summed E-state index contributed by atoms with van der Waals surface area (Å²) in [5.41, 5.74) is 0.687. The van der Waals surface area contributed by atoms with Crippen molar-refractivity contribution in [2.45, 2.75) is 13.0 Å². The summed E-state index contributed by atoms with van der Waals surface area (Å²) in [7, 11) is -3.33. The third-order valence-corrected chi connectivity index (χ3v) is 5.04. The SMILES string of the molecule is CC(NS(=O)(=O)CBr)c1nnc2ccccn12. The van der Waals surface area contributed by atoms with E-state index in [1.54, 1.807) is 17.5 Å². The molecular formula is C9H11BrN4O2S. The van der Waals surface area contributed by atoms with Gasteiger partial charge in [-0.25, -0.2) is 13.1 Å². The van der Waals surface area contributed by atoms with E-state index < -0.39 is 16.1 Å². The van der Waals surface area contributed by atoms with E-state index in [9.17, 15) is 8.42 Å². The van der Waals surface area contributed by atoms with Crippen molar-refractivity contribution in [1.29, 1.82) is 0 Å². The summed E-state index contributed by atoms with van der Waals surface area (Å²) in [6.45, 7) is 1.73. The lowest BCUT2D eigenvalue weighted by molar-refractivity contribution is 0.563. The lowest BCUT2D eigenvalue weighted by atomic mass is 10.3. The molecule has 0 radical (unpaired) electrons. The van der Waals surface area contributed by atoms with E-state index in [1.807, 2.05) is 18.2 Å². The van der Waals surface area contributed by atoms with Crippen LogP contribution in [0.1, 0.15) is 18.8 Å². The molecular weight excluding hydrogens is 308 g/mol. The van der Waals surface area contributed by atoms with Gasteiger partial charge < -0.3 is 0 Å². The average molecular weight is 319 g/mol. The first kappa shape index (κ1) is 12.5. The monoisotopic (exact) mass is 318 g/mol. The lowest BCUT2D eigenvalue weighted by Crippen LogP contribution is -2.28. The van der Waals surface area contributed by atoms with Crippen molar-refractivity contribution in [2.75, 3.05) is 4.66 Å². The highest BCUT2D eigenvalue weighted by Crippen LogP contribution is 2.13. The number of nitrogens with one attached hydrogen (secondary N) is 1. The van der Waals surface area contributed by atoms with Crippen molar-refractivity contribution in [3.8, 4) is 0 Å². The average Bonchev–Trinajstić information content (AvgIpc) is 2.72. The Morgan fingerprint density at radius 1 is 1.47 bits per heavy atom. The molecule has 0 aliphatic rings. The highest BCUT2D eigenvalue weighted by atomic mass is 79.9. The van der Waals surface area contributed by atoms with E-state index in [2.05, 4.69) is 30.8 Å². The molecule has 1 unspecified atom stereocenters. The largest absolute Gasteiger partial charge is 0.285 e. The molecule has 2 aromatic heterocycles. The van der Waals surface area contributed by atoms with E-state index in [4.69, 9.17) is 0 Å². The summed E-state index contributed by atoms with van der Waals surface area (Å²) in [5, 5.41) is 7.95. The standard InChI is InChI=1S/C9H11BrN4O2S/c1-7(13-17(15,16)6-10)9-12-11-8-4-2-3-5-14(8)9/h2-5,7,13H,6H2,1H3. The van der Waals surface area contributed by atoms with Crippen LogP contribution in [0.25, 0.3) is 5.65 Å². The van der Waals surface area contributed by atoms with Crippen LogP contribution in [0, 0.1) is 0 Å².